The second-order valence-corrected chi connectivity index (χ2v) is 5.30. The van der Waals surface area contributed by atoms with Crippen LogP contribution in [0.4, 0.5) is 27.6 Å². The van der Waals surface area contributed by atoms with E-state index in [1.165, 1.54) is 26.0 Å². The Hall–Kier alpha value is -2.65. The molecule has 0 atom stereocenters. The molecule has 136 valence electrons. The smallest absolute Gasteiger partial charge is 0.299 e. The number of nitrogens with one attached hydrogen (secondary N) is 2. The summed E-state index contributed by atoms with van der Waals surface area (Å²) in [7, 11) is 0. The van der Waals surface area contributed by atoms with E-state index in [1.54, 1.807) is 0 Å². The maximum atomic E-state index is 12.8. The predicted molar refractivity (Wildman–Crippen MR) is 79.9 cm³/mol. The summed E-state index contributed by atoms with van der Waals surface area (Å²) in [4.78, 5) is 11.9. The molecule has 2 rings (SSSR count). The molecule has 0 spiro atoms. The zero-order valence-electron chi connectivity index (χ0n) is 13.3. The van der Waals surface area contributed by atoms with Gasteiger partial charge in [0, 0.05) is 11.3 Å². The molecule has 0 aliphatic carbocycles. The minimum absolute atomic E-state index is 0.0416. The molecule has 0 saturated heterocycles. The highest BCUT2D eigenvalue weighted by Crippen LogP contribution is 2.30. The largest absolute Gasteiger partial charge is 0.416 e. The first kappa shape index (κ1) is 18.7. The Morgan fingerprint density at radius 2 is 1.96 bits per heavy atom. The Labute approximate surface area is 139 Å². The third kappa shape index (κ3) is 4.46. The first-order valence-electron chi connectivity index (χ1n) is 7.14. The zero-order valence-corrected chi connectivity index (χ0v) is 13.3. The summed E-state index contributed by atoms with van der Waals surface area (Å²) in [6.45, 7) is 0.0859. The normalized spacial score (nSPS) is 11.7. The van der Waals surface area contributed by atoms with E-state index in [-0.39, 0.29) is 23.5 Å². The van der Waals surface area contributed by atoms with Gasteiger partial charge >= 0.3 is 12.7 Å². The first-order chi connectivity index (χ1) is 11.6. The molecule has 0 bridgehead atoms. The Morgan fingerprint density at radius 3 is 2.52 bits per heavy atom. The molecule has 0 aliphatic rings. The van der Waals surface area contributed by atoms with Gasteiger partial charge in [-0.05, 0) is 32.0 Å². The average Bonchev–Trinajstić information content (AvgIpc) is 2.81. The maximum absolute atomic E-state index is 12.8. The fourth-order valence-electron chi connectivity index (χ4n) is 2.26. The fourth-order valence-corrected chi connectivity index (χ4v) is 2.26. The number of rotatable bonds is 5. The lowest BCUT2D eigenvalue weighted by molar-refractivity contribution is -0.137. The minimum atomic E-state index is -4.50. The van der Waals surface area contributed by atoms with E-state index in [4.69, 9.17) is 0 Å². The standard InChI is InChI=1S/C15H15F5N4O/c1-8-12(9(2)24(23-8)14(16)17)7-13(25)22-21-11-5-3-4-10(6-11)15(18,19)20/h3-6,14,21H,7H2,1-2H3,(H,22,25). The molecule has 0 saturated carbocycles. The van der Waals surface area contributed by atoms with Gasteiger partial charge in [0.2, 0.25) is 5.91 Å². The predicted octanol–water partition coefficient (Wildman–Crippen LogP) is 3.60. The summed E-state index contributed by atoms with van der Waals surface area (Å²) in [5, 5.41) is 3.66. The minimum Gasteiger partial charge on any atom is -0.299 e. The molecule has 0 fully saturated rings. The summed E-state index contributed by atoms with van der Waals surface area (Å²) >= 11 is 0. The number of carbonyl (C=O) groups excluding carboxylic acids is 1. The summed E-state index contributed by atoms with van der Waals surface area (Å²) in [5.74, 6) is -0.600. The highest BCUT2D eigenvalue weighted by Gasteiger charge is 2.30. The highest BCUT2D eigenvalue weighted by atomic mass is 19.4. The number of hydrogen-bond donors (Lipinski definition) is 2. The van der Waals surface area contributed by atoms with Crippen molar-refractivity contribution in [2.75, 3.05) is 5.43 Å². The quantitative estimate of drug-likeness (QED) is 0.631. The van der Waals surface area contributed by atoms with Crippen molar-refractivity contribution < 1.29 is 26.7 Å². The first-order valence-corrected chi connectivity index (χ1v) is 7.14. The Balaban J connectivity index is 2.03. The van der Waals surface area contributed by atoms with Gasteiger partial charge in [0.15, 0.2) is 0 Å². The molecule has 1 amide bonds. The van der Waals surface area contributed by atoms with Crippen LogP contribution in [0.25, 0.3) is 0 Å². The van der Waals surface area contributed by atoms with Crippen molar-refractivity contribution in [3.8, 4) is 0 Å². The van der Waals surface area contributed by atoms with Gasteiger partial charge in [-0.15, -0.1) is 0 Å². The van der Waals surface area contributed by atoms with Gasteiger partial charge in [0.25, 0.3) is 0 Å². The molecule has 2 N–H and O–H groups in total. The van der Waals surface area contributed by atoms with E-state index in [2.05, 4.69) is 16.0 Å². The van der Waals surface area contributed by atoms with Gasteiger partial charge in [0.05, 0.1) is 23.4 Å². The van der Waals surface area contributed by atoms with Crippen LogP contribution in [0, 0.1) is 13.8 Å². The molecule has 1 heterocycles. The van der Waals surface area contributed by atoms with Gasteiger partial charge < -0.3 is 0 Å². The van der Waals surface area contributed by atoms with E-state index < -0.39 is 24.2 Å². The van der Waals surface area contributed by atoms with Crippen molar-refractivity contribution >= 4 is 11.6 Å². The number of amides is 1. The van der Waals surface area contributed by atoms with Crippen LogP contribution < -0.4 is 10.9 Å². The topological polar surface area (TPSA) is 59.0 Å². The van der Waals surface area contributed by atoms with Crippen LogP contribution in [0.1, 0.15) is 29.1 Å². The molecule has 0 aliphatic heterocycles. The summed E-state index contributed by atoms with van der Waals surface area (Å²) in [6.07, 6.45) is -4.74. The number of alkyl halides is 5. The lowest BCUT2D eigenvalue weighted by Gasteiger charge is -2.11. The molecule has 5 nitrogen and oxygen atoms in total. The molecular weight excluding hydrogens is 347 g/mol. The van der Waals surface area contributed by atoms with Crippen LogP contribution >= 0.6 is 0 Å². The van der Waals surface area contributed by atoms with E-state index in [0.29, 0.717) is 10.2 Å². The average molecular weight is 362 g/mol. The number of halogens is 5. The summed E-state index contributed by atoms with van der Waals surface area (Å²) in [6, 6.07) is 4.28. The molecule has 0 unspecified atom stereocenters. The number of hydrogen-bond acceptors (Lipinski definition) is 3. The molecule has 10 heteroatoms. The van der Waals surface area contributed by atoms with Gasteiger partial charge in [-0.3, -0.25) is 15.6 Å². The van der Waals surface area contributed by atoms with Crippen molar-refractivity contribution in [2.45, 2.75) is 33.0 Å². The van der Waals surface area contributed by atoms with Crippen LogP contribution in [0.2, 0.25) is 0 Å². The third-order valence-electron chi connectivity index (χ3n) is 3.53. The summed E-state index contributed by atoms with van der Waals surface area (Å²) in [5.41, 5.74) is 4.56. The van der Waals surface area contributed by atoms with E-state index in [1.807, 2.05) is 0 Å². The van der Waals surface area contributed by atoms with Crippen LogP contribution in [0.3, 0.4) is 0 Å². The van der Waals surface area contributed by atoms with Crippen molar-refractivity contribution in [1.82, 2.24) is 15.2 Å². The molecule has 1 aromatic carbocycles. The molecule has 25 heavy (non-hydrogen) atoms. The van der Waals surface area contributed by atoms with E-state index >= 15 is 0 Å². The molecule has 1 aromatic heterocycles. The number of benzene rings is 1. The van der Waals surface area contributed by atoms with Crippen molar-refractivity contribution in [3.63, 3.8) is 0 Å². The van der Waals surface area contributed by atoms with Crippen LogP contribution in [0.5, 0.6) is 0 Å². The van der Waals surface area contributed by atoms with Gasteiger partial charge in [-0.1, -0.05) is 6.07 Å². The monoisotopic (exact) mass is 362 g/mol. The lowest BCUT2D eigenvalue weighted by Crippen LogP contribution is -2.31. The second-order valence-electron chi connectivity index (χ2n) is 5.30. The maximum Gasteiger partial charge on any atom is 0.416 e. The Kier molecular flexibility index (Phi) is 5.29. The molecule has 0 radical (unpaired) electrons. The lowest BCUT2D eigenvalue weighted by atomic mass is 10.1. The number of anilines is 1. The van der Waals surface area contributed by atoms with Crippen LogP contribution in [0.15, 0.2) is 24.3 Å². The second kappa shape index (κ2) is 7.08. The van der Waals surface area contributed by atoms with Gasteiger partial charge in [0.1, 0.15) is 0 Å². The Morgan fingerprint density at radius 1 is 1.28 bits per heavy atom. The number of hydrazine groups is 1. The molecular formula is C15H15F5N4O. The number of nitrogens with zero attached hydrogens (tertiary/aromatic N) is 2. The highest BCUT2D eigenvalue weighted by molar-refractivity contribution is 5.80. The number of carbonyl (C=O) groups is 1. The zero-order chi connectivity index (χ0) is 18.8. The molecule has 2 aromatic rings. The third-order valence-corrected chi connectivity index (χ3v) is 3.53. The van der Waals surface area contributed by atoms with E-state index in [0.717, 1.165) is 12.1 Å². The van der Waals surface area contributed by atoms with Crippen molar-refractivity contribution in [2.24, 2.45) is 0 Å². The number of aromatic nitrogens is 2. The summed E-state index contributed by atoms with van der Waals surface area (Å²) < 4.78 is 63.9. The Bertz CT molecular complexity index is 770. The van der Waals surface area contributed by atoms with Crippen LogP contribution in [-0.4, -0.2) is 15.7 Å². The van der Waals surface area contributed by atoms with Crippen LogP contribution in [-0.2, 0) is 17.4 Å². The SMILES string of the molecule is Cc1nn(C(F)F)c(C)c1CC(=O)NNc1cccc(C(F)(F)F)c1. The number of aryl methyl sites for hydroxylation is 1. The van der Waals surface area contributed by atoms with Crippen molar-refractivity contribution in [1.29, 1.82) is 0 Å². The van der Waals surface area contributed by atoms with Gasteiger partial charge in [-0.2, -0.15) is 27.1 Å². The van der Waals surface area contributed by atoms with Crippen molar-refractivity contribution in [3.05, 3.63) is 46.8 Å². The van der Waals surface area contributed by atoms with Gasteiger partial charge in [-0.25, -0.2) is 4.68 Å². The van der Waals surface area contributed by atoms with E-state index in [9.17, 15) is 26.7 Å². The fraction of sp³-hybridized carbons (Fsp3) is 0.333.